The van der Waals surface area contributed by atoms with Gasteiger partial charge in [0.15, 0.2) is 0 Å². The molecule has 9 heteroatoms. The van der Waals surface area contributed by atoms with E-state index in [2.05, 4.69) is 4.98 Å². The summed E-state index contributed by atoms with van der Waals surface area (Å²) in [6.45, 7) is 1.66. The molecule has 1 aromatic heterocycles. The smallest absolute Gasteiger partial charge is 0.243 e. The van der Waals surface area contributed by atoms with Crippen molar-refractivity contribution in [2.24, 2.45) is 0 Å². The highest BCUT2D eigenvalue weighted by atomic mass is 32.2. The van der Waals surface area contributed by atoms with Crippen molar-refractivity contribution in [2.45, 2.75) is 30.8 Å². The van der Waals surface area contributed by atoms with Gasteiger partial charge in [-0.3, -0.25) is 4.79 Å². The number of aromatic nitrogens is 1. The number of benzene rings is 2. The van der Waals surface area contributed by atoms with Gasteiger partial charge in [0, 0.05) is 24.0 Å². The lowest BCUT2D eigenvalue weighted by Crippen LogP contribution is -2.39. The van der Waals surface area contributed by atoms with Crippen LogP contribution in [0.15, 0.2) is 41.3 Å². The van der Waals surface area contributed by atoms with Crippen molar-refractivity contribution >= 4 is 27.2 Å². The zero-order valence-electron chi connectivity index (χ0n) is 16.6. The Balaban J connectivity index is 1.78. The third kappa shape index (κ3) is 3.95. The molecule has 4 rings (SSSR count). The Bertz CT molecular complexity index is 1260. The van der Waals surface area contributed by atoms with Crippen LogP contribution in [0.2, 0.25) is 0 Å². The topological polar surface area (TPSA) is 67.3 Å². The van der Waals surface area contributed by atoms with Crippen molar-refractivity contribution in [1.82, 2.24) is 9.29 Å². The molecule has 31 heavy (non-hydrogen) atoms. The van der Waals surface area contributed by atoms with Gasteiger partial charge in [-0.25, -0.2) is 26.6 Å². The second-order valence-electron chi connectivity index (χ2n) is 7.56. The second-order valence-corrected chi connectivity index (χ2v) is 9.50. The maximum absolute atomic E-state index is 15.0. The molecular formula is C22H19F3N2O3S. The highest BCUT2D eigenvalue weighted by molar-refractivity contribution is 7.89. The fourth-order valence-corrected chi connectivity index (χ4v) is 5.27. The molecule has 0 saturated carbocycles. The van der Waals surface area contributed by atoms with Crippen molar-refractivity contribution in [3.05, 3.63) is 59.2 Å². The number of alkyl halides is 1. The number of nitrogens with zero attached hydrogens (tertiary/aromatic N) is 2. The highest BCUT2D eigenvalue weighted by Gasteiger charge is 2.31. The van der Waals surface area contributed by atoms with E-state index in [9.17, 15) is 26.4 Å². The minimum absolute atomic E-state index is 0.00904. The van der Waals surface area contributed by atoms with Crippen LogP contribution in [-0.2, 0) is 10.0 Å². The molecule has 0 amide bonds. The quantitative estimate of drug-likeness (QED) is 0.554. The van der Waals surface area contributed by atoms with Crippen molar-refractivity contribution in [2.75, 3.05) is 13.1 Å². The van der Waals surface area contributed by atoms with Gasteiger partial charge in [-0.1, -0.05) is 12.1 Å². The van der Waals surface area contributed by atoms with Gasteiger partial charge in [0.1, 0.15) is 24.1 Å². The van der Waals surface area contributed by atoms with Gasteiger partial charge >= 0.3 is 0 Å². The monoisotopic (exact) mass is 448 g/mol. The Morgan fingerprint density at radius 2 is 1.71 bits per heavy atom. The van der Waals surface area contributed by atoms with Crippen LogP contribution in [0.25, 0.3) is 22.2 Å². The maximum Gasteiger partial charge on any atom is 0.243 e. The number of rotatable bonds is 4. The van der Waals surface area contributed by atoms with Crippen molar-refractivity contribution < 1.29 is 26.4 Å². The predicted molar refractivity (Wildman–Crippen MR) is 110 cm³/mol. The third-order valence-corrected chi connectivity index (χ3v) is 7.35. The molecule has 0 atom stereocenters. The standard InChI is InChI=1S/C22H19F3N2O3S/c1-13-8-21(26-20-9-14(12-28)2-3-17(13)20)22-18(24)10-16(11-19(22)25)31(29,30)27-6-4-15(23)5-7-27/h2-3,8-12,15H,4-7H2,1H3. The Kier molecular flexibility index (Phi) is 5.57. The van der Waals surface area contributed by atoms with Crippen molar-refractivity contribution in [3.63, 3.8) is 0 Å². The van der Waals surface area contributed by atoms with Crippen LogP contribution in [0.4, 0.5) is 13.2 Å². The summed E-state index contributed by atoms with van der Waals surface area (Å²) in [5, 5.41) is 0.727. The fraction of sp³-hybridized carbons (Fsp3) is 0.273. The Hall–Kier alpha value is -2.78. The Morgan fingerprint density at radius 3 is 2.32 bits per heavy atom. The summed E-state index contributed by atoms with van der Waals surface area (Å²) in [5.74, 6) is -2.14. The zero-order chi connectivity index (χ0) is 22.3. The highest BCUT2D eigenvalue weighted by Crippen LogP contribution is 2.32. The summed E-state index contributed by atoms with van der Waals surface area (Å²) in [6.07, 6.45) is -0.337. The van der Waals surface area contributed by atoms with E-state index in [1.54, 1.807) is 19.1 Å². The summed E-state index contributed by atoms with van der Waals surface area (Å²) in [6, 6.07) is 7.87. The second kappa shape index (κ2) is 8.05. The molecular weight excluding hydrogens is 429 g/mol. The van der Waals surface area contributed by atoms with Gasteiger partial charge in [-0.2, -0.15) is 4.31 Å². The van der Waals surface area contributed by atoms with Crippen LogP contribution in [0.5, 0.6) is 0 Å². The Morgan fingerprint density at radius 1 is 1.06 bits per heavy atom. The van der Waals surface area contributed by atoms with Crippen molar-refractivity contribution in [1.29, 1.82) is 0 Å². The van der Waals surface area contributed by atoms with Gasteiger partial charge in [-0.05, 0) is 49.6 Å². The van der Waals surface area contributed by atoms with E-state index in [1.165, 1.54) is 12.1 Å². The number of carbonyl (C=O) groups excluding carboxylic acids is 1. The molecule has 1 aliphatic rings. The lowest BCUT2D eigenvalue weighted by atomic mass is 10.0. The first kappa shape index (κ1) is 21.5. The van der Waals surface area contributed by atoms with Gasteiger partial charge < -0.3 is 0 Å². The molecule has 162 valence electrons. The van der Waals surface area contributed by atoms with Gasteiger partial charge in [0.2, 0.25) is 10.0 Å². The average molecular weight is 448 g/mol. The Labute approximate surface area is 177 Å². The molecule has 3 aromatic rings. The molecule has 1 aliphatic heterocycles. The number of fused-ring (bicyclic) bond motifs is 1. The molecule has 2 aromatic carbocycles. The first-order chi connectivity index (χ1) is 14.7. The fourth-order valence-electron chi connectivity index (χ4n) is 3.78. The molecule has 2 heterocycles. The molecule has 0 spiro atoms. The van der Waals surface area contributed by atoms with E-state index in [-0.39, 0.29) is 31.6 Å². The number of piperidine rings is 1. The van der Waals surface area contributed by atoms with E-state index in [1.807, 2.05) is 0 Å². The minimum Gasteiger partial charge on any atom is -0.298 e. The van der Waals surface area contributed by atoms with Crippen molar-refractivity contribution in [3.8, 4) is 11.3 Å². The van der Waals surface area contributed by atoms with E-state index >= 15 is 0 Å². The summed E-state index contributed by atoms with van der Waals surface area (Å²) in [4.78, 5) is 14.8. The van der Waals surface area contributed by atoms with Crippen LogP contribution >= 0.6 is 0 Å². The van der Waals surface area contributed by atoms with Gasteiger partial charge in [0.05, 0.1) is 21.7 Å². The normalized spacial score (nSPS) is 16.0. The summed E-state index contributed by atoms with van der Waals surface area (Å²) in [5.41, 5.74) is 0.996. The third-order valence-electron chi connectivity index (χ3n) is 5.47. The number of aryl methyl sites for hydroxylation is 1. The molecule has 0 N–H and O–H groups in total. The molecule has 5 nitrogen and oxygen atoms in total. The summed E-state index contributed by atoms with van der Waals surface area (Å²) >= 11 is 0. The van der Waals surface area contributed by atoms with Gasteiger partial charge in [0.25, 0.3) is 0 Å². The lowest BCUT2D eigenvalue weighted by molar-refractivity contribution is 0.112. The lowest BCUT2D eigenvalue weighted by Gasteiger charge is -2.28. The summed E-state index contributed by atoms with van der Waals surface area (Å²) in [7, 11) is -4.15. The number of sulfonamides is 1. The molecule has 0 bridgehead atoms. The molecule has 0 aliphatic carbocycles. The largest absolute Gasteiger partial charge is 0.298 e. The summed E-state index contributed by atoms with van der Waals surface area (Å²) < 4.78 is 69.8. The van der Waals surface area contributed by atoms with Crippen LogP contribution in [0.1, 0.15) is 28.8 Å². The number of halogens is 3. The molecule has 1 saturated heterocycles. The van der Waals surface area contributed by atoms with Crippen LogP contribution < -0.4 is 0 Å². The molecule has 0 unspecified atom stereocenters. The first-order valence-electron chi connectivity index (χ1n) is 9.71. The number of hydrogen-bond donors (Lipinski definition) is 0. The minimum atomic E-state index is -4.15. The van der Waals surface area contributed by atoms with Crippen LogP contribution in [-0.4, -0.2) is 43.3 Å². The molecule has 0 radical (unpaired) electrons. The first-order valence-corrected chi connectivity index (χ1v) is 11.1. The predicted octanol–water partition coefficient (Wildman–Crippen LogP) is 4.42. The van der Waals surface area contributed by atoms with Gasteiger partial charge in [-0.15, -0.1) is 0 Å². The molecule has 1 fully saturated rings. The number of aldehydes is 1. The van der Waals surface area contributed by atoms with Crippen LogP contribution in [0.3, 0.4) is 0 Å². The van der Waals surface area contributed by atoms with E-state index in [0.29, 0.717) is 22.9 Å². The zero-order valence-corrected chi connectivity index (χ0v) is 17.4. The maximum atomic E-state index is 15.0. The number of carbonyl (C=O) groups is 1. The average Bonchev–Trinajstić information content (AvgIpc) is 2.73. The number of hydrogen-bond acceptors (Lipinski definition) is 4. The van der Waals surface area contributed by atoms with E-state index in [4.69, 9.17) is 0 Å². The van der Waals surface area contributed by atoms with E-state index in [0.717, 1.165) is 21.8 Å². The number of pyridine rings is 1. The SMILES string of the molecule is Cc1cc(-c2c(F)cc(S(=O)(=O)N3CCC(F)CC3)cc2F)nc2cc(C=O)ccc12. The van der Waals surface area contributed by atoms with Crippen LogP contribution in [0, 0.1) is 18.6 Å². The van der Waals surface area contributed by atoms with E-state index < -0.39 is 38.3 Å².